The van der Waals surface area contributed by atoms with E-state index >= 15 is 0 Å². The van der Waals surface area contributed by atoms with Crippen molar-refractivity contribution in [1.82, 2.24) is 10.6 Å². The van der Waals surface area contributed by atoms with Crippen LogP contribution in [0.3, 0.4) is 0 Å². The molecule has 0 aliphatic rings. The van der Waals surface area contributed by atoms with E-state index in [1.54, 1.807) is 14.2 Å². The minimum atomic E-state index is 0.159. The van der Waals surface area contributed by atoms with Gasteiger partial charge in [0.15, 0.2) is 16.6 Å². The SMILES string of the molecule is CCC(C)c1ccc(C(C)NC(=S)NCCc2ccc(OC)c(OC)c2)cc1. The maximum absolute atomic E-state index is 5.45. The van der Waals surface area contributed by atoms with Crippen molar-refractivity contribution < 1.29 is 9.47 Å². The van der Waals surface area contributed by atoms with E-state index in [9.17, 15) is 0 Å². The Balaban J connectivity index is 1.82. The zero-order valence-corrected chi connectivity index (χ0v) is 18.4. The van der Waals surface area contributed by atoms with Gasteiger partial charge in [-0.1, -0.05) is 44.2 Å². The fourth-order valence-electron chi connectivity index (χ4n) is 3.04. The lowest BCUT2D eigenvalue weighted by Gasteiger charge is -2.18. The van der Waals surface area contributed by atoms with Gasteiger partial charge >= 0.3 is 0 Å². The van der Waals surface area contributed by atoms with Crippen LogP contribution in [0.4, 0.5) is 0 Å². The molecule has 152 valence electrons. The first-order valence-corrected chi connectivity index (χ1v) is 10.2. The molecule has 2 unspecified atom stereocenters. The lowest BCUT2D eigenvalue weighted by atomic mass is 9.96. The summed E-state index contributed by atoms with van der Waals surface area (Å²) in [6.07, 6.45) is 2.00. The molecule has 0 fully saturated rings. The van der Waals surface area contributed by atoms with Gasteiger partial charge < -0.3 is 20.1 Å². The van der Waals surface area contributed by atoms with E-state index in [2.05, 4.69) is 55.7 Å². The minimum absolute atomic E-state index is 0.159. The largest absolute Gasteiger partial charge is 0.493 e. The van der Waals surface area contributed by atoms with Gasteiger partial charge in [0.05, 0.1) is 20.3 Å². The second-order valence-electron chi connectivity index (χ2n) is 7.04. The minimum Gasteiger partial charge on any atom is -0.493 e. The Labute approximate surface area is 174 Å². The highest BCUT2D eigenvalue weighted by Crippen LogP contribution is 2.27. The molecule has 0 heterocycles. The molecule has 28 heavy (non-hydrogen) atoms. The van der Waals surface area contributed by atoms with Crippen molar-refractivity contribution in [2.75, 3.05) is 20.8 Å². The Morgan fingerprint density at radius 3 is 2.21 bits per heavy atom. The van der Waals surface area contributed by atoms with Crippen LogP contribution in [0.25, 0.3) is 0 Å². The molecule has 0 bridgehead atoms. The van der Waals surface area contributed by atoms with Gasteiger partial charge in [-0.2, -0.15) is 0 Å². The number of hydrogen-bond donors (Lipinski definition) is 2. The number of nitrogens with one attached hydrogen (secondary N) is 2. The van der Waals surface area contributed by atoms with E-state index in [1.165, 1.54) is 16.7 Å². The molecule has 2 aromatic rings. The highest BCUT2D eigenvalue weighted by molar-refractivity contribution is 7.80. The number of methoxy groups -OCH3 is 2. The van der Waals surface area contributed by atoms with Crippen LogP contribution in [0, 0.1) is 0 Å². The maximum atomic E-state index is 5.45. The van der Waals surface area contributed by atoms with E-state index in [4.69, 9.17) is 21.7 Å². The van der Waals surface area contributed by atoms with Crippen LogP contribution in [0.1, 0.15) is 55.8 Å². The van der Waals surface area contributed by atoms with Crippen LogP contribution in [0.2, 0.25) is 0 Å². The molecular formula is C23H32N2O2S. The van der Waals surface area contributed by atoms with Crippen LogP contribution in [0.15, 0.2) is 42.5 Å². The van der Waals surface area contributed by atoms with E-state index in [-0.39, 0.29) is 6.04 Å². The second kappa shape index (κ2) is 10.9. The van der Waals surface area contributed by atoms with Crippen molar-refractivity contribution in [3.63, 3.8) is 0 Å². The molecule has 2 rings (SSSR count). The van der Waals surface area contributed by atoms with E-state index in [0.29, 0.717) is 11.0 Å². The number of rotatable bonds is 9. The van der Waals surface area contributed by atoms with E-state index in [1.807, 2.05) is 18.2 Å². The quantitative estimate of drug-likeness (QED) is 0.581. The topological polar surface area (TPSA) is 42.5 Å². The Morgan fingerprint density at radius 2 is 1.61 bits per heavy atom. The number of benzene rings is 2. The number of hydrogen-bond acceptors (Lipinski definition) is 3. The zero-order valence-electron chi connectivity index (χ0n) is 17.5. The molecule has 2 N–H and O–H groups in total. The summed E-state index contributed by atoms with van der Waals surface area (Å²) in [5, 5.41) is 7.31. The lowest BCUT2D eigenvalue weighted by molar-refractivity contribution is 0.354. The molecule has 0 spiro atoms. The summed E-state index contributed by atoms with van der Waals surface area (Å²) in [7, 11) is 3.29. The predicted octanol–water partition coefficient (Wildman–Crippen LogP) is 4.99. The van der Waals surface area contributed by atoms with Crippen molar-refractivity contribution >= 4 is 17.3 Å². The van der Waals surface area contributed by atoms with Crippen molar-refractivity contribution in [2.45, 2.75) is 45.6 Å². The summed E-state index contributed by atoms with van der Waals surface area (Å²) in [6, 6.07) is 14.9. The normalized spacial score (nSPS) is 12.8. The first kappa shape index (κ1) is 22.0. The maximum Gasteiger partial charge on any atom is 0.166 e. The molecule has 0 radical (unpaired) electrons. The van der Waals surface area contributed by atoms with Crippen molar-refractivity contribution in [1.29, 1.82) is 0 Å². The molecule has 0 saturated heterocycles. The molecule has 0 aliphatic carbocycles. The Bertz CT molecular complexity index is 762. The van der Waals surface area contributed by atoms with Gasteiger partial charge in [0.1, 0.15) is 0 Å². The third-order valence-electron chi connectivity index (χ3n) is 5.11. The summed E-state index contributed by atoms with van der Waals surface area (Å²) in [5.41, 5.74) is 3.78. The fourth-order valence-corrected chi connectivity index (χ4v) is 3.32. The molecule has 5 heteroatoms. The first-order valence-electron chi connectivity index (χ1n) is 9.83. The third kappa shape index (κ3) is 6.13. The molecule has 2 atom stereocenters. The van der Waals surface area contributed by atoms with Crippen molar-refractivity contribution in [2.24, 2.45) is 0 Å². The van der Waals surface area contributed by atoms with E-state index < -0.39 is 0 Å². The molecule has 0 aliphatic heterocycles. The third-order valence-corrected chi connectivity index (χ3v) is 5.37. The Kier molecular flexibility index (Phi) is 8.58. The van der Waals surface area contributed by atoms with Gasteiger partial charge in [0, 0.05) is 6.54 Å². The monoisotopic (exact) mass is 400 g/mol. The number of ether oxygens (including phenoxy) is 2. The van der Waals surface area contributed by atoms with Gasteiger partial charge in [-0.3, -0.25) is 0 Å². The van der Waals surface area contributed by atoms with E-state index in [0.717, 1.165) is 30.9 Å². The van der Waals surface area contributed by atoms with Crippen LogP contribution >= 0.6 is 12.2 Å². The molecule has 2 aromatic carbocycles. The van der Waals surface area contributed by atoms with Crippen LogP contribution in [-0.4, -0.2) is 25.9 Å². The van der Waals surface area contributed by atoms with Gasteiger partial charge in [-0.15, -0.1) is 0 Å². The highest BCUT2D eigenvalue weighted by Gasteiger charge is 2.09. The summed E-state index contributed by atoms with van der Waals surface area (Å²) in [4.78, 5) is 0. The Hall–Kier alpha value is -2.27. The van der Waals surface area contributed by atoms with Crippen LogP contribution in [0.5, 0.6) is 11.5 Å². The molecular weight excluding hydrogens is 368 g/mol. The zero-order chi connectivity index (χ0) is 20.5. The molecule has 0 aromatic heterocycles. The van der Waals surface area contributed by atoms with Gasteiger partial charge in [-0.25, -0.2) is 0 Å². The smallest absolute Gasteiger partial charge is 0.166 e. The van der Waals surface area contributed by atoms with Crippen LogP contribution in [-0.2, 0) is 6.42 Å². The summed E-state index contributed by atoms with van der Waals surface area (Å²) >= 11 is 5.45. The van der Waals surface area contributed by atoms with Crippen molar-refractivity contribution in [3.05, 3.63) is 59.2 Å². The molecule has 4 nitrogen and oxygen atoms in total. The summed E-state index contributed by atoms with van der Waals surface area (Å²) < 4.78 is 10.6. The predicted molar refractivity (Wildman–Crippen MR) is 121 cm³/mol. The lowest BCUT2D eigenvalue weighted by Crippen LogP contribution is -2.37. The highest BCUT2D eigenvalue weighted by atomic mass is 32.1. The van der Waals surface area contributed by atoms with Crippen LogP contribution < -0.4 is 20.1 Å². The van der Waals surface area contributed by atoms with Gasteiger partial charge in [0.2, 0.25) is 0 Å². The fraction of sp³-hybridized carbons (Fsp3) is 0.435. The first-order chi connectivity index (χ1) is 13.5. The number of thiocarbonyl (C=S) groups is 1. The standard InChI is InChI=1S/C23H32N2O2S/c1-6-16(2)19-8-10-20(11-9-19)17(3)25-23(28)24-14-13-18-7-12-21(26-4)22(15-18)27-5/h7-12,15-17H,6,13-14H2,1-5H3,(H2,24,25,28). The van der Waals surface area contributed by atoms with Crippen molar-refractivity contribution in [3.8, 4) is 11.5 Å². The second-order valence-corrected chi connectivity index (χ2v) is 7.45. The van der Waals surface area contributed by atoms with Gasteiger partial charge in [-0.05, 0) is 66.7 Å². The Morgan fingerprint density at radius 1 is 0.964 bits per heavy atom. The molecule has 0 amide bonds. The summed E-state index contributed by atoms with van der Waals surface area (Å²) in [6.45, 7) is 7.35. The average molecular weight is 401 g/mol. The average Bonchev–Trinajstić information content (AvgIpc) is 2.73. The molecule has 0 saturated carbocycles. The van der Waals surface area contributed by atoms with Gasteiger partial charge in [0.25, 0.3) is 0 Å². The summed E-state index contributed by atoms with van der Waals surface area (Å²) in [5.74, 6) is 2.08.